The van der Waals surface area contributed by atoms with Crippen LogP contribution < -0.4 is 5.32 Å². The lowest BCUT2D eigenvalue weighted by atomic mass is 9.88. The van der Waals surface area contributed by atoms with Crippen molar-refractivity contribution in [2.24, 2.45) is 5.41 Å². The lowest BCUT2D eigenvalue weighted by Crippen LogP contribution is -2.39. The SMILES string of the molecule is CC(NCCOC1CCCCC1)C(C)(C)C. The van der Waals surface area contributed by atoms with Gasteiger partial charge < -0.3 is 10.1 Å². The van der Waals surface area contributed by atoms with Crippen LogP contribution in [0.1, 0.15) is 59.8 Å². The lowest BCUT2D eigenvalue weighted by Gasteiger charge is -2.29. The molecule has 16 heavy (non-hydrogen) atoms. The van der Waals surface area contributed by atoms with Crippen LogP contribution in [0.3, 0.4) is 0 Å². The molecule has 0 aromatic rings. The topological polar surface area (TPSA) is 21.3 Å². The summed E-state index contributed by atoms with van der Waals surface area (Å²) in [5.74, 6) is 0. The molecule has 0 amide bonds. The van der Waals surface area contributed by atoms with Gasteiger partial charge in [-0.1, -0.05) is 40.0 Å². The van der Waals surface area contributed by atoms with Crippen LogP contribution in [0.5, 0.6) is 0 Å². The Labute approximate surface area is 101 Å². The van der Waals surface area contributed by atoms with Crippen LogP contribution in [0.4, 0.5) is 0 Å². The van der Waals surface area contributed by atoms with Gasteiger partial charge in [0.15, 0.2) is 0 Å². The van der Waals surface area contributed by atoms with E-state index in [4.69, 9.17) is 4.74 Å². The van der Waals surface area contributed by atoms with Gasteiger partial charge in [0, 0.05) is 12.6 Å². The Kier molecular flexibility index (Phi) is 5.77. The number of ether oxygens (including phenoxy) is 1. The quantitative estimate of drug-likeness (QED) is 0.727. The number of rotatable bonds is 5. The Hall–Kier alpha value is -0.0800. The Bertz CT molecular complexity index is 180. The molecule has 0 heterocycles. The zero-order chi connectivity index (χ0) is 12.0. The highest BCUT2D eigenvalue weighted by atomic mass is 16.5. The Morgan fingerprint density at radius 1 is 1.19 bits per heavy atom. The minimum Gasteiger partial charge on any atom is -0.377 e. The van der Waals surface area contributed by atoms with Gasteiger partial charge in [0.1, 0.15) is 0 Å². The van der Waals surface area contributed by atoms with E-state index in [1.165, 1.54) is 32.1 Å². The van der Waals surface area contributed by atoms with Crippen LogP contribution in [0, 0.1) is 5.41 Å². The molecule has 0 aliphatic heterocycles. The van der Waals surface area contributed by atoms with Crippen molar-refractivity contribution in [3.63, 3.8) is 0 Å². The van der Waals surface area contributed by atoms with E-state index >= 15 is 0 Å². The van der Waals surface area contributed by atoms with Crippen LogP contribution >= 0.6 is 0 Å². The summed E-state index contributed by atoms with van der Waals surface area (Å²) in [6.07, 6.45) is 7.20. The minimum atomic E-state index is 0.338. The monoisotopic (exact) mass is 227 g/mol. The summed E-state index contributed by atoms with van der Waals surface area (Å²) in [5, 5.41) is 3.54. The van der Waals surface area contributed by atoms with Crippen LogP contribution in [0.15, 0.2) is 0 Å². The number of nitrogens with one attached hydrogen (secondary N) is 1. The molecule has 0 aromatic carbocycles. The first-order chi connectivity index (χ1) is 7.50. The molecule has 1 aliphatic rings. The van der Waals surface area contributed by atoms with Crippen LogP contribution in [-0.2, 0) is 4.74 Å². The summed E-state index contributed by atoms with van der Waals surface area (Å²) in [6, 6.07) is 0.544. The molecule has 2 nitrogen and oxygen atoms in total. The van der Waals surface area contributed by atoms with Gasteiger partial charge in [0.2, 0.25) is 0 Å². The van der Waals surface area contributed by atoms with Gasteiger partial charge >= 0.3 is 0 Å². The predicted octanol–water partition coefficient (Wildman–Crippen LogP) is 3.36. The highest BCUT2D eigenvalue weighted by molar-refractivity contribution is 4.75. The van der Waals surface area contributed by atoms with Crippen molar-refractivity contribution < 1.29 is 4.74 Å². The smallest absolute Gasteiger partial charge is 0.0594 e. The second-order valence-electron chi connectivity index (χ2n) is 6.17. The third kappa shape index (κ3) is 5.31. The van der Waals surface area contributed by atoms with E-state index in [-0.39, 0.29) is 0 Å². The van der Waals surface area contributed by atoms with Gasteiger partial charge in [-0.25, -0.2) is 0 Å². The summed E-state index contributed by atoms with van der Waals surface area (Å²) in [5.41, 5.74) is 0.338. The first-order valence-electron chi connectivity index (χ1n) is 6.85. The van der Waals surface area contributed by atoms with Crippen molar-refractivity contribution in [1.29, 1.82) is 0 Å². The molecule has 1 atom stereocenters. The average Bonchev–Trinajstić information content (AvgIpc) is 2.24. The fourth-order valence-electron chi connectivity index (χ4n) is 2.04. The summed E-state index contributed by atoms with van der Waals surface area (Å²) < 4.78 is 5.88. The summed E-state index contributed by atoms with van der Waals surface area (Å²) >= 11 is 0. The van der Waals surface area contributed by atoms with Gasteiger partial charge in [0.25, 0.3) is 0 Å². The summed E-state index contributed by atoms with van der Waals surface area (Å²) in [6.45, 7) is 10.9. The molecular formula is C14H29NO. The Morgan fingerprint density at radius 3 is 2.38 bits per heavy atom. The van der Waals surface area contributed by atoms with E-state index in [0.29, 0.717) is 17.6 Å². The van der Waals surface area contributed by atoms with Gasteiger partial charge in [-0.3, -0.25) is 0 Å². The summed E-state index contributed by atoms with van der Waals surface area (Å²) in [4.78, 5) is 0. The first kappa shape index (κ1) is 14.0. The Morgan fingerprint density at radius 2 is 1.81 bits per heavy atom. The van der Waals surface area contributed by atoms with Crippen molar-refractivity contribution >= 4 is 0 Å². The number of hydrogen-bond donors (Lipinski definition) is 1. The van der Waals surface area contributed by atoms with E-state index in [9.17, 15) is 0 Å². The Balaban J connectivity index is 2.02. The molecule has 1 saturated carbocycles. The predicted molar refractivity (Wildman–Crippen MR) is 69.7 cm³/mol. The van der Waals surface area contributed by atoms with Gasteiger partial charge in [-0.2, -0.15) is 0 Å². The molecule has 0 spiro atoms. The molecule has 0 bridgehead atoms. The molecule has 1 rings (SSSR count). The van der Waals surface area contributed by atoms with Crippen LogP contribution in [0.25, 0.3) is 0 Å². The lowest BCUT2D eigenvalue weighted by molar-refractivity contribution is 0.0282. The highest BCUT2D eigenvalue weighted by Crippen LogP contribution is 2.20. The molecule has 0 saturated heterocycles. The van der Waals surface area contributed by atoms with E-state index in [2.05, 4.69) is 33.0 Å². The van der Waals surface area contributed by atoms with Crippen LogP contribution in [-0.4, -0.2) is 25.3 Å². The van der Waals surface area contributed by atoms with Gasteiger partial charge in [0.05, 0.1) is 12.7 Å². The normalized spacial score (nSPS) is 21.0. The molecule has 1 aliphatic carbocycles. The largest absolute Gasteiger partial charge is 0.377 e. The van der Waals surface area contributed by atoms with E-state index in [1.54, 1.807) is 0 Å². The fourth-order valence-corrected chi connectivity index (χ4v) is 2.04. The van der Waals surface area contributed by atoms with Crippen molar-refractivity contribution in [2.45, 2.75) is 71.9 Å². The third-order valence-electron chi connectivity index (χ3n) is 3.76. The number of hydrogen-bond acceptors (Lipinski definition) is 2. The van der Waals surface area contributed by atoms with Crippen molar-refractivity contribution in [3.05, 3.63) is 0 Å². The maximum atomic E-state index is 5.88. The third-order valence-corrected chi connectivity index (χ3v) is 3.76. The van der Waals surface area contributed by atoms with Crippen molar-refractivity contribution in [2.75, 3.05) is 13.2 Å². The molecular weight excluding hydrogens is 198 g/mol. The zero-order valence-corrected chi connectivity index (χ0v) is 11.5. The average molecular weight is 227 g/mol. The van der Waals surface area contributed by atoms with Gasteiger partial charge in [-0.05, 0) is 25.2 Å². The maximum Gasteiger partial charge on any atom is 0.0594 e. The van der Waals surface area contributed by atoms with E-state index < -0.39 is 0 Å². The van der Waals surface area contributed by atoms with Crippen molar-refractivity contribution in [1.82, 2.24) is 5.32 Å². The molecule has 1 fully saturated rings. The van der Waals surface area contributed by atoms with Gasteiger partial charge in [-0.15, -0.1) is 0 Å². The highest BCUT2D eigenvalue weighted by Gasteiger charge is 2.19. The maximum absolute atomic E-state index is 5.88. The molecule has 96 valence electrons. The van der Waals surface area contributed by atoms with E-state index in [0.717, 1.165) is 13.2 Å². The molecule has 1 N–H and O–H groups in total. The fraction of sp³-hybridized carbons (Fsp3) is 1.00. The molecule has 0 radical (unpaired) electrons. The molecule has 0 aromatic heterocycles. The second kappa shape index (κ2) is 6.61. The second-order valence-corrected chi connectivity index (χ2v) is 6.17. The molecule has 1 unspecified atom stereocenters. The summed E-state index contributed by atoms with van der Waals surface area (Å²) in [7, 11) is 0. The standard InChI is InChI=1S/C14H29NO/c1-12(14(2,3)4)15-10-11-16-13-8-6-5-7-9-13/h12-13,15H,5-11H2,1-4H3. The minimum absolute atomic E-state index is 0.338. The van der Waals surface area contributed by atoms with E-state index in [1.807, 2.05) is 0 Å². The first-order valence-corrected chi connectivity index (χ1v) is 6.85. The zero-order valence-electron chi connectivity index (χ0n) is 11.5. The molecule has 2 heteroatoms. The van der Waals surface area contributed by atoms with Crippen molar-refractivity contribution in [3.8, 4) is 0 Å². The van der Waals surface area contributed by atoms with Crippen LogP contribution in [0.2, 0.25) is 0 Å².